The van der Waals surface area contributed by atoms with E-state index in [1.54, 1.807) is 24.3 Å². The van der Waals surface area contributed by atoms with Crippen LogP contribution < -0.4 is 11.1 Å². The molecule has 0 unspecified atom stereocenters. The molecular weight excluding hydrogens is 266 g/mol. The van der Waals surface area contributed by atoms with Gasteiger partial charge in [0.15, 0.2) is 0 Å². The summed E-state index contributed by atoms with van der Waals surface area (Å²) >= 11 is 0. The predicted molar refractivity (Wildman–Crippen MR) is 82.6 cm³/mol. The lowest BCUT2D eigenvalue weighted by Gasteiger charge is -2.20. The van der Waals surface area contributed by atoms with Crippen molar-refractivity contribution in [2.75, 3.05) is 26.2 Å². The first-order valence-electron chi connectivity index (χ1n) is 6.97. The molecule has 0 radical (unpaired) electrons. The lowest BCUT2D eigenvalue weighted by atomic mass is 10.1. The standard InChI is InChI=1S/C16H21N3O2/c1-3-18-15(20)12-19(4-2)16(21)14-9-7-13(8-10-14)6-5-11-17/h7-10H,3-4,11-12,17H2,1-2H3,(H,18,20). The Morgan fingerprint density at radius 3 is 2.43 bits per heavy atom. The van der Waals surface area contributed by atoms with Crippen LogP contribution in [-0.2, 0) is 4.79 Å². The van der Waals surface area contributed by atoms with Crippen LogP contribution in [0.3, 0.4) is 0 Å². The summed E-state index contributed by atoms with van der Waals surface area (Å²) in [7, 11) is 0. The second kappa shape index (κ2) is 8.77. The monoisotopic (exact) mass is 287 g/mol. The van der Waals surface area contributed by atoms with Crippen molar-refractivity contribution in [2.45, 2.75) is 13.8 Å². The number of amides is 2. The lowest BCUT2D eigenvalue weighted by molar-refractivity contribution is -0.121. The van der Waals surface area contributed by atoms with E-state index < -0.39 is 0 Å². The predicted octanol–water partition coefficient (Wildman–Crippen LogP) is 0.595. The van der Waals surface area contributed by atoms with Gasteiger partial charge in [0.05, 0.1) is 13.1 Å². The minimum atomic E-state index is -0.165. The number of rotatable bonds is 5. The molecule has 1 aromatic rings. The Balaban J connectivity index is 2.78. The van der Waals surface area contributed by atoms with Gasteiger partial charge >= 0.3 is 0 Å². The van der Waals surface area contributed by atoms with Crippen LogP contribution in [-0.4, -0.2) is 42.9 Å². The largest absolute Gasteiger partial charge is 0.355 e. The van der Waals surface area contributed by atoms with Gasteiger partial charge in [0.1, 0.15) is 0 Å². The molecule has 5 heteroatoms. The van der Waals surface area contributed by atoms with Crippen molar-refractivity contribution < 1.29 is 9.59 Å². The highest BCUT2D eigenvalue weighted by molar-refractivity contribution is 5.96. The minimum absolute atomic E-state index is 0.0674. The summed E-state index contributed by atoms with van der Waals surface area (Å²) in [5.74, 6) is 5.34. The first-order valence-corrected chi connectivity index (χ1v) is 6.97. The summed E-state index contributed by atoms with van der Waals surface area (Å²) in [5.41, 5.74) is 6.66. The maximum atomic E-state index is 12.3. The number of likely N-dealkylation sites (N-methyl/N-ethyl adjacent to an activating group) is 2. The van der Waals surface area contributed by atoms with Gasteiger partial charge in [0.25, 0.3) is 5.91 Å². The van der Waals surface area contributed by atoms with E-state index in [9.17, 15) is 9.59 Å². The average Bonchev–Trinajstić information content (AvgIpc) is 2.50. The van der Waals surface area contributed by atoms with Gasteiger partial charge in [-0.2, -0.15) is 0 Å². The number of carbonyl (C=O) groups excluding carboxylic acids is 2. The van der Waals surface area contributed by atoms with E-state index in [-0.39, 0.29) is 18.4 Å². The quantitative estimate of drug-likeness (QED) is 0.779. The Kier molecular flexibility index (Phi) is 6.99. The first-order chi connectivity index (χ1) is 10.1. The van der Waals surface area contributed by atoms with Crippen LogP contribution >= 0.6 is 0 Å². The van der Waals surface area contributed by atoms with E-state index in [0.717, 1.165) is 5.56 Å². The van der Waals surface area contributed by atoms with E-state index >= 15 is 0 Å². The molecule has 0 bridgehead atoms. The highest BCUT2D eigenvalue weighted by Gasteiger charge is 2.16. The van der Waals surface area contributed by atoms with Gasteiger partial charge in [-0.1, -0.05) is 11.8 Å². The third-order valence-corrected chi connectivity index (χ3v) is 2.84. The molecule has 0 saturated carbocycles. The molecule has 0 fully saturated rings. The number of nitrogens with zero attached hydrogens (tertiary/aromatic N) is 1. The van der Waals surface area contributed by atoms with Crippen LogP contribution in [0.4, 0.5) is 0 Å². The van der Waals surface area contributed by atoms with Crippen molar-refractivity contribution in [3.63, 3.8) is 0 Å². The van der Waals surface area contributed by atoms with E-state index in [2.05, 4.69) is 17.2 Å². The molecule has 0 aliphatic heterocycles. The third kappa shape index (κ3) is 5.28. The van der Waals surface area contributed by atoms with Crippen molar-refractivity contribution in [3.8, 4) is 11.8 Å². The second-order valence-electron chi connectivity index (χ2n) is 4.36. The molecule has 112 valence electrons. The molecule has 0 atom stereocenters. The molecule has 5 nitrogen and oxygen atoms in total. The Hall–Kier alpha value is -2.32. The number of carbonyl (C=O) groups is 2. The zero-order valence-electron chi connectivity index (χ0n) is 12.5. The van der Waals surface area contributed by atoms with Gasteiger partial charge < -0.3 is 16.0 Å². The fourth-order valence-electron chi connectivity index (χ4n) is 1.79. The van der Waals surface area contributed by atoms with Crippen molar-refractivity contribution in [1.82, 2.24) is 10.2 Å². The summed E-state index contributed by atoms with van der Waals surface area (Å²) in [6.45, 7) is 5.09. The van der Waals surface area contributed by atoms with Gasteiger partial charge in [-0.05, 0) is 38.1 Å². The zero-order chi connectivity index (χ0) is 15.7. The zero-order valence-corrected chi connectivity index (χ0v) is 12.5. The fraction of sp³-hybridized carbons (Fsp3) is 0.375. The number of benzene rings is 1. The normalized spacial score (nSPS) is 9.48. The van der Waals surface area contributed by atoms with E-state index in [0.29, 0.717) is 25.2 Å². The summed E-state index contributed by atoms with van der Waals surface area (Å²) in [4.78, 5) is 25.4. The molecule has 0 spiro atoms. The van der Waals surface area contributed by atoms with Gasteiger partial charge in [-0.25, -0.2) is 0 Å². The Labute approximate surface area is 125 Å². The van der Waals surface area contributed by atoms with Crippen LogP contribution in [0.25, 0.3) is 0 Å². The molecule has 0 aromatic heterocycles. The average molecular weight is 287 g/mol. The van der Waals surface area contributed by atoms with Crippen LogP contribution in [0, 0.1) is 11.8 Å². The first kappa shape index (κ1) is 16.7. The minimum Gasteiger partial charge on any atom is -0.355 e. The highest BCUT2D eigenvalue weighted by atomic mass is 16.2. The number of hydrogen-bond acceptors (Lipinski definition) is 3. The van der Waals surface area contributed by atoms with Crippen LogP contribution in [0.15, 0.2) is 24.3 Å². The molecule has 3 N–H and O–H groups in total. The molecule has 0 aliphatic rings. The third-order valence-electron chi connectivity index (χ3n) is 2.84. The Morgan fingerprint density at radius 1 is 1.24 bits per heavy atom. The summed E-state index contributed by atoms with van der Waals surface area (Å²) in [6, 6.07) is 6.97. The second-order valence-corrected chi connectivity index (χ2v) is 4.36. The maximum Gasteiger partial charge on any atom is 0.254 e. The Bertz CT molecular complexity index is 541. The van der Waals surface area contributed by atoms with Gasteiger partial charge in [-0.3, -0.25) is 9.59 Å². The summed E-state index contributed by atoms with van der Waals surface area (Å²) < 4.78 is 0. The van der Waals surface area contributed by atoms with Crippen LogP contribution in [0.2, 0.25) is 0 Å². The van der Waals surface area contributed by atoms with Crippen LogP contribution in [0.1, 0.15) is 29.8 Å². The van der Waals surface area contributed by atoms with Crippen molar-refractivity contribution in [2.24, 2.45) is 5.73 Å². The SMILES string of the molecule is CCNC(=O)CN(CC)C(=O)c1ccc(C#CCN)cc1. The maximum absolute atomic E-state index is 12.3. The molecule has 0 heterocycles. The van der Waals surface area contributed by atoms with Crippen LogP contribution in [0.5, 0.6) is 0 Å². The summed E-state index contributed by atoms with van der Waals surface area (Å²) in [6.07, 6.45) is 0. The lowest BCUT2D eigenvalue weighted by Crippen LogP contribution is -2.40. The van der Waals surface area contributed by atoms with Crippen molar-refractivity contribution in [3.05, 3.63) is 35.4 Å². The molecule has 1 rings (SSSR count). The van der Waals surface area contributed by atoms with Gasteiger partial charge in [-0.15, -0.1) is 0 Å². The molecule has 0 saturated heterocycles. The van der Waals surface area contributed by atoms with Crippen molar-refractivity contribution >= 4 is 11.8 Å². The molecule has 1 aromatic carbocycles. The molecule has 0 aliphatic carbocycles. The Morgan fingerprint density at radius 2 is 1.90 bits per heavy atom. The fourth-order valence-corrected chi connectivity index (χ4v) is 1.79. The number of hydrogen-bond donors (Lipinski definition) is 2. The van der Waals surface area contributed by atoms with Crippen molar-refractivity contribution in [1.29, 1.82) is 0 Å². The summed E-state index contributed by atoms with van der Waals surface area (Å²) in [5, 5.41) is 2.69. The van der Waals surface area contributed by atoms with E-state index in [1.165, 1.54) is 4.90 Å². The topological polar surface area (TPSA) is 75.4 Å². The molecule has 21 heavy (non-hydrogen) atoms. The molecule has 2 amide bonds. The van der Waals surface area contributed by atoms with Gasteiger partial charge in [0, 0.05) is 24.2 Å². The smallest absolute Gasteiger partial charge is 0.254 e. The van der Waals surface area contributed by atoms with E-state index in [1.807, 2.05) is 13.8 Å². The highest BCUT2D eigenvalue weighted by Crippen LogP contribution is 2.07. The van der Waals surface area contributed by atoms with E-state index in [4.69, 9.17) is 5.73 Å². The number of nitrogens with two attached hydrogens (primary N) is 1. The number of nitrogens with one attached hydrogen (secondary N) is 1. The van der Waals surface area contributed by atoms with Gasteiger partial charge in [0.2, 0.25) is 5.91 Å². The molecular formula is C16H21N3O2.